The first-order valence-corrected chi connectivity index (χ1v) is 5.55. The van der Waals surface area contributed by atoms with E-state index in [-0.39, 0.29) is 0 Å². The quantitative estimate of drug-likeness (QED) is 0.651. The molecular formula is C12H19N. The van der Waals surface area contributed by atoms with Crippen molar-refractivity contribution in [1.29, 1.82) is 0 Å². The van der Waals surface area contributed by atoms with Gasteiger partial charge in [0.05, 0.1) is 6.54 Å². The van der Waals surface area contributed by atoms with Gasteiger partial charge in [-0.1, -0.05) is 12.3 Å². The zero-order valence-corrected chi connectivity index (χ0v) is 8.47. The maximum Gasteiger partial charge on any atom is 0.0578 e. The molecule has 1 nitrogen and oxygen atoms in total. The second-order valence-corrected chi connectivity index (χ2v) is 4.35. The van der Waals surface area contributed by atoms with Crippen molar-refractivity contribution < 1.29 is 0 Å². The van der Waals surface area contributed by atoms with Crippen molar-refractivity contribution in [3.05, 3.63) is 0 Å². The van der Waals surface area contributed by atoms with Gasteiger partial charge in [0.25, 0.3) is 0 Å². The lowest BCUT2D eigenvalue weighted by Gasteiger charge is -2.19. The first kappa shape index (κ1) is 9.09. The first-order chi connectivity index (χ1) is 6.42. The summed E-state index contributed by atoms with van der Waals surface area (Å²) in [7, 11) is 0. The number of nitrogens with one attached hydrogen (secondary N) is 1. The van der Waals surface area contributed by atoms with E-state index in [1.807, 2.05) is 6.92 Å². The fourth-order valence-electron chi connectivity index (χ4n) is 2.60. The lowest BCUT2D eigenvalue weighted by molar-refractivity contribution is 0.374. The molecule has 2 aliphatic rings. The van der Waals surface area contributed by atoms with E-state index in [0.29, 0.717) is 0 Å². The first-order valence-electron chi connectivity index (χ1n) is 5.55. The molecule has 0 saturated heterocycles. The second-order valence-electron chi connectivity index (χ2n) is 4.35. The average molecular weight is 177 g/mol. The summed E-state index contributed by atoms with van der Waals surface area (Å²) in [6.07, 6.45) is 7.25. The molecule has 2 rings (SSSR count). The third kappa shape index (κ3) is 2.25. The highest BCUT2D eigenvalue weighted by molar-refractivity contribution is 5.00. The molecule has 0 aliphatic heterocycles. The van der Waals surface area contributed by atoms with Crippen LogP contribution in [0.25, 0.3) is 0 Å². The fourth-order valence-corrected chi connectivity index (χ4v) is 2.60. The summed E-state index contributed by atoms with van der Waals surface area (Å²) in [5, 5.41) is 3.58. The van der Waals surface area contributed by atoms with Crippen LogP contribution in [0.3, 0.4) is 0 Å². The van der Waals surface area contributed by atoms with Gasteiger partial charge >= 0.3 is 0 Å². The Labute approximate surface area is 81.3 Å². The Bertz CT molecular complexity index is 219. The largest absolute Gasteiger partial charge is 0.303 e. The maximum absolute atomic E-state index is 3.58. The molecule has 0 radical (unpaired) electrons. The monoisotopic (exact) mass is 177 g/mol. The number of hydrogen-bond donors (Lipinski definition) is 1. The second kappa shape index (κ2) is 4.15. The van der Waals surface area contributed by atoms with E-state index in [1.165, 1.54) is 32.1 Å². The molecule has 0 bridgehead atoms. The van der Waals surface area contributed by atoms with Crippen LogP contribution in [-0.4, -0.2) is 12.6 Å². The summed E-state index contributed by atoms with van der Waals surface area (Å²) in [6.45, 7) is 2.80. The Morgan fingerprint density at radius 2 is 2.08 bits per heavy atom. The van der Waals surface area contributed by atoms with Gasteiger partial charge < -0.3 is 5.32 Å². The zero-order chi connectivity index (χ0) is 9.10. The normalized spacial score (nSPS) is 32.7. The third-order valence-electron chi connectivity index (χ3n) is 3.43. The van der Waals surface area contributed by atoms with Crippen molar-refractivity contribution in [1.82, 2.24) is 5.32 Å². The lowest BCUT2D eigenvalue weighted by Crippen LogP contribution is -2.33. The predicted octanol–water partition coefficient (Wildman–Crippen LogP) is 2.18. The van der Waals surface area contributed by atoms with Crippen LogP contribution < -0.4 is 5.32 Å². The minimum atomic E-state index is 0.786. The van der Waals surface area contributed by atoms with Gasteiger partial charge in [-0.05, 0) is 44.4 Å². The number of hydrogen-bond acceptors (Lipinski definition) is 1. The van der Waals surface area contributed by atoms with Crippen LogP contribution in [-0.2, 0) is 0 Å². The lowest BCUT2D eigenvalue weighted by atomic mass is 9.98. The molecule has 1 heteroatoms. The molecule has 2 fully saturated rings. The van der Waals surface area contributed by atoms with E-state index < -0.39 is 0 Å². The molecule has 0 aromatic heterocycles. The minimum absolute atomic E-state index is 0.786. The molecule has 0 heterocycles. The zero-order valence-electron chi connectivity index (χ0n) is 8.47. The fraction of sp³-hybridized carbons (Fsp3) is 0.833. The summed E-state index contributed by atoms with van der Waals surface area (Å²) >= 11 is 0. The Morgan fingerprint density at radius 3 is 2.77 bits per heavy atom. The molecular weight excluding hydrogens is 158 g/mol. The standard InChI is InChI=1S/C12H19N/c1-2-3-9-13-12-6-4-5-11(12)10-7-8-10/h10-13H,4-9H2,1H3. The van der Waals surface area contributed by atoms with E-state index in [0.717, 1.165) is 24.4 Å². The van der Waals surface area contributed by atoms with Crippen molar-refractivity contribution in [3.8, 4) is 11.8 Å². The molecule has 0 aromatic rings. The molecule has 2 atom stereocenters. The minimum Gasteiger partial charge on any atom is -0.303 e. The van der Waals surface area contributed by atoms with Crippen LogP contribution >= 0.6 is 0 Å². The smallest absolute Gasteiger partial charge is 0.0578 e. The van der Waals surface area contributed by atoms with Crippen LogP contribution in [0.2, 0.25) is 0 Å². The van der Waals surface area contributed by atoms with Crippen LogP contribution in [0.1, 0.15) is 39.0 Å². The van der Waals surface area contributed by atoms with Crippen molar-refractivity contribution in [2.24, 2.45) is 11.8 Å². The summed E-state index contributed by atoms with van der Waals surface area (Å²) in [5.74, 6) is 8.08. The van der Waals surface area contributed by atoms with Crippen LogP contribution in [0.4, 0.5) is 0 Å². The Morgan fingerprint density at radius 1 is 1.23 bits per heavy atom. The van der Waals surface area contributed by atoms with Crippen LogP contribution in [0.15, 0.2) is 0 Å². The van der Waals surface area contributed by atoms with Crippen molar-refractivity contribution in [2.45, 2.75) is 45.1 Å². The molecule has 13 heavy (non-hydrogen) atoms. The van der Waals surface area contributed by atoms with Gasteiger partial charge in [0.2, 0.25) is 0 Å². The highest BCUT2D eigenvalue weighted by Gasteiger charge is 2.38. The van der Waals surface area contributed by atoms with Gasteiger partial charge in [0.15, 0.2) is 0 Å². The Kier molecular flexibility index (Phi) is 2.90. The van der Waals surface area contributed by atoms with E-state index in [9.17, 15) is 0 Å². The van der Waals surface area contributed by atoms with Gasteiger partial charge in [0, 0.05) is 6.04 Å². The van der Waals surface area contributed by atoms with E-state index >= 15 is 0 Å². The molecule has 1 N–H and O–H groups in total. The summed E-state index contributed by atoms with van der Waals surface area (Å²) in [4.78, 5) is 0. The van der Waals surface area contributed by atoms with E-state index in [4.69, 9.17) is 0 Å². The maximum atomic E-state index is 3.58. The van der Waals surface area contributed by atoms with Crippen molar-refractivity contribution in [2.75, 3.05) is 6.54 Å². The van der Waals surface area contributed by atoms with Gasteiger partial charge in [-0.25, -0.2) is 0 Å². The summed E-state index contributed by atoms with van der Waals surface area (Å²) in [5.41, 5.74) is 0. The third-order valence-corrected chi connectivity index (χ3v) is 3.43. The average Bonchev–Trinajstić information content (AvgIpc) is 2.88. The topological polar surface area (TPSA) is 12.0 Å². The molecule has 2 saturated carbocycles. The highest BCUT2D eigenvalue weighted by Crippen LogP contribution is 2.44. The molecule has 72 valence electrons. The van der Waals surface area contributed by atoms with Crippen LogP contribution in [0.5, 0.6) is 0 Å². The van der Waals surface area contributed by atoms with Crippen molar-refractivity contribution >= 4 is 0 Å². The van der Waals surface area contributed by atoms with Gasteiger partial charge in [-0.15, -0.1) is 5.92 Å². The SMILES string of the molecule is CC#CCNC1CCCC1C1CC1. The summed E-state index contributed by atoms with van der Waals surface area (Å²) in [6, 6.07) is 0.786. The van der Waals surface area contributed by atoms with Gasteiger partial charge in [-0.3, -0.25) is 0 Å². The van der Waals surface area contributed by atoms with E-state index in [1.54, 1.807) is 0 Å². The molecule has 0 amide bonds. The Hall–Kier alpha value is -0.480. The highest BCUT2D eigenvalue weighted by atomic mass is 14.9. The molecule has 2 unspecified atom stereocenters. The van der Waals surface area contributed by atoms with Crippen molar-refractivity contribution in [3.63, 3.8) is 0 Å². The Balaban J connectivity index is 1.78. The van der Waals surface area contributed by atoms with Gasteiger partial charge in [0.1, 0.15) is 0 Å². The van der Waals surface area contributed by atoms with Crippen LogP contribution in [0, 0.1) is 23.7 Å². The molecule has 2 aliphatic carbocycles. The summed E-state index contributed by atoms with van der Waals surface area (Å²) < 4.78 is 0. The van der Waals surface area contributed by atoms with E-state index in [2.05, 4.69) is 17.2 Å². The van der Waals surface area contributed by atoms with Gasteiger partial charge in [-0.2, -0.15) is 0 Å². The predicted molar refractivity (Wildman–Crippen MR) is 55.3 cm³/mol. The molecule has 0 aromatic carbocycles. The number of rotatable bonds is 3. The molecule has 0 spiro atoms.